The van der Waals surface area contributed by atoms with Gasteiger partial charge in [-0.2, -0.15) is 0 Å². The molecule has 1 saturated heterocycles. The molecule has 0 aromatic carbocycles. The van der Waals surface area contributed by atoms with Gasteiger partial charge >= 0.3 is 0 Å². The fraction of sp³-hybridized carbons (Fsp3) is 0.588. The normalized spacial score (nSPS) is 22.0. The molecule has 3 heterocycles. The monoisotopic (exact) mass is 330 g/mol. The number of nitrogens with one attached hydrogen (secondary N) is 2. The van der Waals surface area contributed by atoms with Crippen molar-refractivity contribution in [1.29, 1.82) is 0 Å². The van der Waals surface area contributed by atoms with Gasteiger partial charge in [0.2, 0.25) is 5.82 Å². The maximum Gasteiger partial charge on any atom is 0.216 e. The summed E-state index contributed by atoms with van der Waals surface area (Å²) in [5, 5.41) is 10.5. The highest BCUT2D eigenvalue weighted by Gasteiger charge is 2.24. The van der Waals surface area contributed by atoms with Gasteiger partial charge in [-0.3, -0.25) is 5.10 Å². The Kier molecular flexibility index (Phi) is 5.17. The highest BCUT2D eigenvalue weighted by atomic mass is 16.3. The van der Waals surface area contributed by atoms with Crippen molar-refractivity contribution in [2.24, 2.45) is 16.8 Å². The first kappa shape index (κ1) is 16.5. The van der Waals surface area contributed by atoms with E-state index in [1.807, 2.05) is 12.1 Å². The van der Waals surface area contributed by atoms with Crippen molar-refractivity contribution in [3.8, 4) is 11.6 Å². The van der Waals surface area contributed by atoms with E-state index in [4.69, 9.17) is 9.41 Å². The van der Waals surface area contributed by atoms with Crippen LogP contribution in [0.25, 0.3) is 11.6 Å². The third-order valence-corrected chi connectivity index (χ3v) is 4.16. The first-order valence-corrected chi connectivity index (χ1v) is 8.64. The second kappa shape index (κ2) is 7.51. The Balaban J connectivity index is 1.69. The molecule has 1 aliphatic rings. The van der Waals surface area contributed by atoms with Gasteiger partial charge < -0.3 is 14.6 Å². The van der Waals surface area contributed by atoms with Crippen molar-refractivity contribution in [3.63, 3.8) is 0 Å². The average Bonchev–Trinajstić information content (AvgIpc) is 3.21. The van der Waals surface area contributed by atoms with Crippen molar-refractivity contribution in [2.45, 2.75) is 33.7 Å². The predicted molar refractivity (Wildman–Crippen MR) is 93.4 cm³/mol. The Labute approximate surface area is 142 Å². The van der Waals surface area contributed by atoms with Crippen LogP contribution >= 0.6 is 0 Å². The number of hydrogen-bond donors (Lipinski definition) is 2. The second-order valence-corrected chi connectivity index (χ2v) is 6.60. The number of guanidine groups is 1. The predicted octanol–water partition coefficient (Wildman–Crippen LogP) is 2.51. The summed E-state index contributed by atoms with van der Waals surface area (Å²) in [6, 6.07) is 3.67. The van der Waals surface area contributed by atoms with Crippen LogP contribution in [0.4, 0.5) is 0 Å². The van der Waals surface area contributed by atoms with Crippen LogP contribution in [0.5, 0.6) is 0 Å². The molecule has 130 valence electrons. The van der Waals surface area contributed by atoms with E-state index < -0.39 is 0 Å². The van der Waals surface area contributed by atoms with Crippen molar-refractivity contribution in [3.05, 3.63) is 24.2 Å². The van der Waals surface area contributed by atoms with Gasteiger partial charge in [0.15, 0.2) is 11.7 Å². The molecule has 2 unspecified atom stereocenters. The molecule has 2 aromatic heterocycles. The molecule has 24 heavy (non-hydrogen) atoms. The van der Waals surface area contributed by atoms with Crippen molar-refractivity contribution < 1.29 is 4.42 Å². The Morgan fingerprint density at radius 3 is 2.88 bits per heavy atom. The summed E-state index contributed by atoms with van der Waals surface area (Å²) in [7, 11) is 0. The van der Waals surface area contributed by atoms with E-state index in [0.717, 1.165) is 31.4 Å². The maximum atomic E-state index is 5.31. The van der Waals surface area contributed by atoms with E-state index in [9.17, 15) is 0 Å². The smallest absolute Gasteiger partial charge is 0.216 e. The summed E-state index contributed by atoms with van der Waals surface area (Å²) in [6.45, 7) is 10.1. The van der Waals surface area contributed by atoms with Crippen LogP contribution in [0.15, 0.2) is 27.8 Å². The Morgan fingerprint density at radius 1 is 1.42 bits per heavy atom. The number of furan rings is 1. The minimum atomic E-state index is 0.468. The molecule has 0 radical (unpaired) electrons. The van der Waals surface area contributed by atoms with E-state index in [1.165, 1.54) is 6.42 Å². The van der Waals surface area contributed by atoms with E-state index in [2.05, 4.69) is 46.2 Å². The maximum absolute atomic E-state index is 5.31. The van der Waals surface area contributed by atoms with Gasteiger partial charge in [-0.15, -0.1) is 5.10 Å². The van der Waals surface area contributed by atoms with Crippen LogP contribution in [0.2, 0.25) is 0 Å². The third-order valence-electron chi connectivity index (χ3n) is 4.16. The topological polar surface area (TPSA) is 82.3 Å². The van der Waals surface area contributed by atoms with Gasteiger partial charge in [0.1, 0.15) is 12.4 Å². The molecule has 3 rings (SSSR count). The molecule has 0 amide bonds. The van der Waals surface area contributed by atoms with Crippen molar-refractivity contribution in [2.75, 3.05) is 19.6 Å². The van der Waals surface area contributed by atoms with Crippen molar-refractivity contribution >= 4 is 5.96 Å². The summed E-state index contributed by atoms with van der Waals surface area (Å²) >= 11 is 0. The molecule has 0 aliphatic carbocycles. The van der Waals surface area contributed by atoms with E-state index in [-0.39, 0.29) is 0 Å². The summed E-state index contributed by atoms with van der Waals surface area (Å²) in [5.74, 6) is 4.28. The van der Waals surface area contributed by atoms with Crippen LogP contribution in [0.1, 0.15) is 33.0 Å². The van der Waals surface area contributed by atoms with Crippen LogP contribution in [0.3, 0.4) is 0 Å². The lowest BCUT2D eigenvalue weighted by Crippen LogP contribution is -2.48. The molecule has 7 nitrogen and oxygen atoms in total. The molecule has 1 fully saturated rings. The molecular weight excluding hydrogens is 304 g/mol. The van der Waals surface area contributed by atoms with E-state index in [0.29, 0.717) is 30.0 Å². The molecule has 0 bridgehead atoms. The second-order valence-electron chi connectivity index (χ2n) is 6.60. The number of H-pyrrole nitrogens is 1. The van der Waals surface area contributed by atoms with Crippen LogP contribution in [0, 0.1) is 11.8 Å². The number of rotatable bonds is 4. The fourth-order valence-electron chi connectivity index (χ4n) is 3.29. The lowest BCUT2D eigenvalue weighted by Gasteiger charge is -2.37. The third kappa shape index (κ3) is 3.96. The van der Waals surface area contributed by atoms with Gasteiger partial charge in [-0.05, 0) is 37.3 Å². The number of aromatic amines is 1. The molecule has 1 aliphatic heterocycles. The van der Waals surface area contributed by atoms with Gasteiger partial charge in [0.05, 0.1) is 6.26 Å². The molecule has 2 atom stereocenters. The summed E-state index contributed by atoms with van der Waals surface area (Å²) < 4.78 is 5.31. The molecule has 2 N–H and O–H groups in total. The first-order valence-electron chi connectivity index (χ1n) is 8.64. The number of nitrogens with zero attached hydrogens (tertiary/aromatic N) is 4. The summed E-state index contributed by atoms with van der Waals surface area (Å²) in [5.41, 5.74) is 0. The zero-order valence-corrected chi connectivity index (χ0v) is 14.6. The summed E-state index contributed by atoms with van der Waals surface area (Å²) in [6.07, 6.45) is 2.90. The molecule has 7 heteroatoms. The van der Waals surface area contributed by atoms with Gasteiger partial charge in [-0.1, -0.05) is 13.8 Å². The lowest BCUT2D eigenvalue weighted by molar-refractivity contribution is 0.208. The summed E-state index contributed by atoms with van der Waals surface area (Å²) in [4.78, 5) is 11.5. The van der Waals surface area contributed by atoms with Gasteiger partial charge in [0, 0.05) is 19.6 Å². The molecule has 0 saturated carbocycles. The number of aromatic nitrogens is 3. The highest BCUT2D eigenvalue weighted by molar-refractivity contribution is 5.80. The molecule has 0 spiro atoms. The van der Waals surface area contributed by atoms with Crippen molar-refractivity contribution in [1.82, 2.24) is 25.4 Å². The minimum absolute atomic E-state index is 0.468. The first-order chi connectivity index (χ1) is 11.7. The van der Waals surface area contributed by atoms with E-state index >= 15 is 0 Å². The van der Waals surface area contributed by atoms with Crippen LogP contribution < -0.4 is 5.32 Å². The zero-order valence-electron chi connectivity index (χ0n) is 14.6. The highest BCUT2D eigenvalue weighted by Crippen LogP contribution is 2.21. The van der Waals surface area contributed by atoms with Gasteiger partial charge in [0.25, 0.3) is 0 Å². The zero-order chi connectivity index (χ0) is 16.9. The SMILES string of the molecule is CCNC(=NCc1nc(-c2ccco2)n[nH]1)N1CC(C)CC(C)C1. The Bertz CT molecular complexity index is 652. The van der Waals surface area contributed by atoms with Crippen LogP contribution in [-0.2, 0) is 6.54 Å². The number of likely N-dealkylation sites (tertiary alicyclic amines) is 1. The Morgan fingerprint density at radius 2 is 2.21 bits per heavy atom. The largest absolute Gasteiger partial charge is 0.461 e. The van der Waals surface area contributed by atoms with Gasteiger partial charge in [-0.25, -0.2) is 9.98 Å². The fourth-order valence-corrected chi connectivity index (χ4v) is 3.29. The number of aliphatic imine (C=N–C) groups is 1. The number of piperidine rings is 1. The van der Waals surface area contributed by atoms with E-state index in [1.54, 1.807) is 6.26 Å². The number of hydrogen-bond acceptors (Lipinski definition) is 4. The van der Waals surface area contributed by atoms with Crippen LogP contribution in [-0.4, -0.2) is 45.7 Å². The minimum Gasteiger partial charge on any atom is -0.461 e. The lowest BCUT2D eigenvalue weighted by atomic mass is 9.92. The molecule has 2 aromatic rings. The molecular formula is C17H26N6O. The Hall–Kier alpha value is -2.31. The standard InChI is InChI=1S/C17H26N6O/c1-4-18-17(23-10-12(2)8-13(3)11-23)19-9-15-20-16(22-21-15)14-6-5-7-24-14/h5-7,12-13H,4,8-11H2,1-3H3,(H,18,19)(H,20,21,22). The quantitative estimate of drug-likeness (QED) is 0.665. The average molecular weight is 330 g/mol.